The summed E-state index contributed by atoms with van der Waals surface area (Å²) in [6, 6.07) is 8.51. The van der Waals surface area contributed by atoms with E-state index in [1.54, 1.807) is 12.1 Å². The fourth-order valence-corrected chi connectivity index (χ4v) is 3.54. The number of nitrogens with zero attached hydrogens (tertiary/aromatic N) is 1. The smallest absolute Gasteiger partial charge is 0.335 e. The molecule has 1 aliphatic carbocycles. The van der Waals surface area contributed by atoms with Gasteiger partial charge in [0, 0.05) is 29.8 Å². The number of aromatic carboxylic acids is 1. The summed E-state index contributed by atoms with van der Waals surface area (Å²) in [6.45, 7) is 5.14. The van der Waals surface area contributed by atoms with Crippen molar-refractivity contribution in [1.82, 2.24) is 9.88 Å². The highest BCUT2D eigenvalue weighted by atomic mass is 16.4. The molecule has 0 unspecified atom stereocenters. The Kier molecular flexibility index (Phi) is 4.21. The topological polar surface area (TPSA) is 54.3 Å². The Bertz CT molecular complexity index is 682. The Balaban J connectivity index is 1.94. The Morgan fingerprint density at radius 2 is 2.05 bits per heavy atom. The summed E-state index contributed by atoms with van der Waals surface area (Å²) >= 11 is 0. The van der Waals surface area contributed by atoms with Gasteiger partial charge in [0.15, 0.2) is 0 Å². The van der Waals surface area contributed by atoms with E-state index in [4.69, 9.17) is 0 Å². The van der Waals surface area contributed by atoms with Gasteiger partial charge in [-0.3, -0.25) is 0 Å². The molecule has 4 heteroatoms. The van der Waals surface area contributed by atoms with Crippen molar-refractivity contribution in [2.24, 2.45) is 0 Å². The molecule has 1 aliphatic rings. The second-order valence-corrected chi connectivity index (χ2v) is 6.54. The predicted molar refractivity (Wildman–Crippen MR) is 88.4 cm³/mol. The average Bonchev–Trinajstić information content (AvgIpc) is 3.11. The first kappa shape index (κ1) is 15.1. The van der Waals surface area contributed by atoms with Crippen LogP contribution in [0.5, 0.6) is 0 Å². The van der Waals surface area contributed by atoms with E-state index in [0.29, 0.717) is 17.6 Å². The molecule has 0 saturated heterocycles. The maximum atomic E-state index is 11.2. The molecule has 0 spiro atoms. The summed E-state index contributed by atoms with van der Waals surface area (Å²) in [4.78, 5) is 11.2. The van der Waals surface area contributed by atoms with Crippen LogP contribution in [0, 0.1) is 0 Å². The molecule has 0 aliphatic heterocycles. The van der Waals surface area contributed by atoms with Crippen LogP contribution in [0.25, 0.3) is 10.9 Å². The first-order valence-corrected chi connectivity index (χ1v) is 8.17. The summed E-state index contributed by atoms with van der Waals surface area (Å²) in [7, 11) is 0. The lowest BCUT2D eigenvalue weighted by atomic mass is 10.1. The van der Waals surface area contributed by atoms with Crippen LogP contribution in [-0.2, 0) is 6.54 Å². The SMILES string of the molecule is CC(C)n1c(CNC2CCCC2)cc2ccc(C(=O)O)cc21. The second-order valence-electron chi connectivity index (χ2n) is 6.54. The standard InChI is InChI=1S/C18H24N2O2/c1-12(2)20-16(11-19-15-5-3-4-6-15)9-13-7-8-14(18(21)22)10-17(13)20/h7-10,12,15,19H,3-6,11H2,1-2H3,(H,21,22). The van der Waals surface area contributed by atoms with E-state index in [1.165, 1.54) is 31.4 Å². The normalized spacial score (nSPS) is 16.0. The molecule has 0 atom stereocenters. The molecular formula is C18H24N2O2. The van der Waals surface area contributed by atoms with Crippen LogP contribution in [0.2, 0.25) is 0 Å². The van der Waals surface area contributed by atoms with Gasteiger partial charge in [-0.2, -0.15) is 0 Å². The van der Waals surface area contributed by atoms with Crippen molar-refractivity contribution in [1.29, 1.82) is 0 Å². The monoisotopic (exact) mass is 300 g/mol. The van der Waals surface area contributed by atoms with Crippen LogP contribution < -0.4 is 5.32 Å². The van der Waals surface area contributed by atoms with Crippen LogP contribution >= 0.6 is 0 Å². The van der Waals surface area contributed by atoms with E-state index in [9.17, 15) is 9.90 Å². The highest BCUT2D eigenvalue weighted by Crippen LogP contribution is 2.26. The number of carboxylic acids is 1. The molecule has 1 heterocycles. The van der Waals surface area contributed by atoms with Gasteiger partial charge in [0.05, 0.1) is 5.56 Å². The number of hydrogen-bond donors (Lipinski definition) is 2. The minimum atomic E-state index is -0.871. The van der Waals surface area contributed by atoms with Crippen LogP contribution in [0.1, 0.15) is 61.6 Å². The van der Waals surface area contributed by atoms with Crippen LogP contribution in [-0.4, -0.2) is 21.7 Å². The number of fused-ring (bicyclic) bond motifs is 1. The molecule has 1 aromatic carbocycles. The van der Waals surface area contributed by atoms with Gasteiger partial charge < -0.3 is 15.0 Å². The zero-order valence-corrected chi connectivity index (χ0v) is 13.3. The van der Waals surface area contributed by atoms with Gasteiger partial charge in [0.25, 0.3) is 0 Å². The van der Waals surface area contributed by atoms with E-state index < -0.39 is 5.97 Å². The summed E-state index contributed by atoms with van der Waals surface area (Å²) in [6.07, 6.45) is 5.19. The Labute approximate surface area is 131 Å². The summed E-state index contributed by atoms with van der Waals surface area (Å²) in [5.41, 5.74) is 2.60. The van der Waals surface area contributed by atoms with Gasteiger partial charge in [-0.1, -0.05) is 18.9 Å². The van der Waals surface area contributed by atoms with Crippen molar-refractivity contribution in [3.05, 3.63) is 35.5 Å². The number of aromatic nitrogens is 1. The average molecular weight is 300 g/mol. The maximum Gasteiger partial charge on any atom is 0.335 e. The van der Waals surface area contributed by atoms with Gasteiger partial charge in [-0.25, -0.2) is 4.79 Å². The molecule has 0 radical (unpaired) electrons. The van der Waals surface area contributed by atoms with E-state index in [0.717, 1.165) is 17.4 Å². The van der Waals surface area contributed by atoms with Crippen LogP contribution in [0.15, 0.2) is 24.3 Å². The lowest BCUT2D eigenvalue weighted by Crippen LogP contribution is -2.26. The van der Waals surface area contributed by atoms with E-state index in [2.05, 4.69) is 29.8 Å². The lowest BCUT2D eigenvalue weighted by Gasteiger charge is -2.17. The molecule has 22 heavy (non-hydrogen) atoms. The Morgan fingerprint density at radius 3 is 2.68 bits per heavy atom. The van der Waals surface area contributed by atoms with Crippen LogP contribution in [0.3, 0.4) is 0 Å². The van der Waals surface area contributed by atoms with Crippen molar-refractivity contribution >= 4 is 16.9 Å². The third kappa shape index (κ3) is 2.88. The number of carbonyl (C=O) groups is 1. The molecule has 1 saturated carbocycles. The van der Waals surface area contributed by atoms with Gasteiger partial charge >= 0.3 is 5.97 Å². The van der Waals surface area contributed by atoms with E-state index >= 15 is 0 Å². The van der Waals surface area contributed by atoms with Crippen molar-refractivity contribution in [2.45, 2.75) is 58.2 Å². The van der Waals surface area contributed by atoms with E-state index in [-0.39, 0.29) is 0 Å². The molecule has 2 aromatic rings. The number of hydrogen-bond acceptors (Lipinski definition) is 2. The molecule has 0 amide bonds. The molecule has 0 bridgehead atoms. The third-order valence-corrected chi connectivity index (χ3v) is 4.61. The van der Waals surface area contributed by atoms with Crippen molar-refractivity contribution in [3.8, 4) is 0 Å². The fourth-order valence-electron chi connectivity index (χ4n) is 3.54. The molecule has 1 fully saturated rings. The molecular weight excluding hydrogens is 276 g/mol. The van der Waals surface area contributed by atoms with Gasteiger partial charge in [-0.05, 0) is 50.3 Å². The van der Waals surface area contributed by atoms with Crippen LogP contribution in [0.4, 0.5) is 0 Å². The largest absolute Gasteiger partial charge is 0.478 e. The maximum absolute atomic E-state index is 11.2. The molecule has 118 valence electrons. The highest BCUT2D eigenvalue weighted by Gasteiger charge is 2.17. The third-order valence-electron chi connectivity index (χ3n) is 4.61. The first-order valence-electron chi connectivity index (χ1n) is 8.17. The lowest BCUT2D eigenvalue weighted by molar-refractivity contribution is 0.0697. The first-order chi connectivity index (χ1) is 10.6. The van der Waals surface area contributed by atoms with Crippen molar-refractivity contribution in [2.75, 3.05) is 0 Å². The summed E-state index contributed by atoms with van der Waals surface area (Å²) in [5, 5.41) is 14.0. The Morgan fingerprint density at radius 1 is 1.32 bits per heavy atom. The highest BCUT2D eigenvalue weighted by molar-refractivity contribution is 5.93. The molecule has 3 rings (SSSR count). The predicted octanol–water partition coefficient (Wildman–Crippen LogP) is 3.95. The van der Waals surface area contributed by atoms with Crippen molar-refractivity contribution in [3.63, 3.8) is 0 Å². The summed E-state index contributed by atoms with van der Waals surface area (Å²) in [5.74, 6) is -0.871. The quantitative estimate of drug-likeness (QED) is 0.879. The molecule has 2 N–H and O–H groups in total. The number of benzene rings is 1. The fraction of sp³-hybridized carbons (Fsp3) is 0.500. The van der Waals surface area contributed by atoms with Gasteiger partial charge in [-0.15, -0.1) is 0 Å². The zero-order chi connectivity index (χ0) is 15.7. The number of nitrogens with one attached hydrogen (secondary N) is 1. The minimum absolute atomic E-state index is 0.307. The number of carboxylic acid groups (broad SMARTS) is 1. The van der Waals surface area contributed by atoms with Gasteiger partial charge in [0.1, 0.15) is 0 Å². The van der Waals surface area contributed by atoms with Crippen molar-refractivity contribution < 1.29 is 9.90 Å². The molecule has 4 nitrogen and oxygen atoms in total. The number of rotatable bonds is 5. The zero-order valence-electron chi connectivity index (χ0n) is 13.3. The van der Waals surface area contributed by atoms with Gasteiger partial charge in [0.2, 0.25) is 0 Å². The second kappa shape index (κ2) is 6.13. The molecule has 1 aromatic heterocycles. The summed E-state index contributed by atoms with van der Waals surface area (Å²) < 4.78 is 2.25. The van der Waals surface area contributed by atoms with E-state index in [1.807, 2.05) is 6.07 Å². The Hall–Kier alpha value is -1.81. The minimum Gasteiger partial charge on any atom is -0.478 e.